The molecule has 0 bridgehead atoms. The van der Waals surface area contributed by atoms with Gasteiger partial charge in [0.05, 0.1) is 11.9 Å². The second kappa shape index (κ2) is 7.79. The zero-order chi connectivity index (χ0) is 15.8. The molecule has 1 rings (SSSR count). The predicted molar refractivity (Wildman–Crippen MR) is 84.3 cm³/mol. The van der Waals surface area contributed by atoms with Crippen LogP contribution in [-0.4, -0.2) is 23.8 Å². The van der Waals surface area contributed by atoms with Crippen molar-refractivity contribution in [3.05, 3.63) is 60.5 Å². The minimum Gasteiger partial charge on any atom is -0.351 e. The van der Waals surface area contributed by atoms with Gasteiger partial charge in [-0.1, -0.05) is 18.2 Å². The fourth-order valence-corrected chi connectivity index (χ4v) is 1.78. The lowest BCUT2D eigenvalue weighted by Gasteiger charge is -2.16. The van der Waals surface area contributed by atoms with Gasteiger partial charge in [0, 0.05) is 18.8 Å². The molecule has 0 spiro atoms. The minimum atomic E-state index is -0.652. The summed E-state index contributed by atoms with van der Waals surface area (Å²) in [6.07, 6.45) is 10.5. The molecule has 0 aliphatic rings. The van der Waals surface area contributed by atoms with E-state index in [9.17, 15) is 9.59 Å². The Hall–Kier alpha value is -2.69. The summed E-state index contributed by atoms with van der Waals surface area (Å²) in [5.41, 5.74) is 6.83. The standard InChI is InChI=1S/C16H19N3O2/c1-4-6-12(7-5-2)10-15(20)13-8-9-18-11-14(13)19(3)16(17)21/h4-5,7-11H,1,6H2,2-3H3,(H2,17,21)/b7-5-,12-10?. The van der Waals surface area contributed by atoms with Gasteiger partial charge in [-0.2, -0.15) is 0 Å². The van der Waals surface area contributed by atoms with E-state index in [0.29, 0.717) is 17.7 Å². The van der Waals surface area contributed by atoms with E-state index in [1.807, 2.05) is 19.1 Å². The van der Waals surface area contributed by atoms with Crippen LogP contribution in [0.25, 0.3) is 0 Å². The first-order valence-corrected chi connectivity index (χ1v) is 6.47. The Labute approximate surface area is 124 Å². The van der Waals surface area contributed by atoms with Crippen molar-refractivity contribution in [2.45, 2.75) is 13.3 Å². The first-order valence-electron chi connectivity index (χ1n) is 6.47. The molecular weight excluding hydrogens is 266 g/mol. The number of anilines is 1. The van der Waals surface area contributed by atoms with E-state index in [1.165, 1.54) is 30.4 Å². The van der Waals surface area contributed by atoms with Crippen LogP contribution in [0.15, 0.2) is 54.9 Å². The second-order valence-corrected chi connectivity index (χ2v) is 4.37. The Bertz CT molecular complexity index is 603. The zero-order valence-corrected chi connectivity index (χ0v) is 12.2. The van der Waals surface area contributed by atoms with Gasteiger partial charge in [-0.15, -0.1) is 6.58 Å². The number of hydrogen-bond donors (Lipinski definition) is 1. The van der Waals surface area contributed by atoms with Crippen LogP contribution in [0, 0.1) is 0 Å². The van der Waals surface area contributed by atoms with Gasteiger partial charge >= 0.3 is 6.03 Å². The summed E-state index contributed by atoms with van der Waals surface area (Å²) in [6.45, 7) is 5.54. The molecule has 1 aromatic heterocycles. The van der Waals surface area contributed by atoms with Crippen molar-refractivity contribution in [1.29, 1.82) is 0 Å². The number of urea groups is 1. The van der Waals surface area contributed by atoms with Crippen molar-refractivity contribution < 1.29 is 9.59 Å². The van der Waals surface area contributed by atoms with Crippen LogP contribution < -0.4 is 10.6 Å². The number of hydrogen-bond acceptors (Lipinski definition) is 3. The molecule has 0 saturated heterocycles. The second-order valence-electron chi connectivity index (χ2n) is 4.37. The molecule has 0 unspecified atom stereocenters. The number of ketones is 1. The molecule has 21 heavy (non-hydrogen) atoms. The highest BCUT2D eigenvalue weighted by atomic mass is 16.2. The largest absolute Gasteiger partial charge is 0.351 e. The number of primary amides is 1. The average molecular weight is 285 g/mol. The van der Waals surface area contributed by atoms with Crippen molar-refractivity contribution in [1.82, 2.24) is 4.98 Å². The molecule has 2 amide bonds. The molecule has 1 aromatic rings. The molecule has 0 saturated carbocycles. The Balaban J connectivity index is 3.21. The molecule has 0 fully saturated rings. The molecule has 2 N–H and O–H groups in total. The monoisotopic (exact) mass is 285 g/mol. The van der Waals surface area contributed by atoms with Gasteiger partial charge in [0.15, 0.2) is 5.78 Å². The third-order valence-corrected chi connectivity index (χ3v) is 2.83. The number of allylic oxidation sites excluding steroid dienone is 5. The summed E-state index contributed by atoms with van der Waals surface area (Å²) >= 11 is 0. The topological polar surface area (TPSA) is 76.3 Å². The first-order chi connectivity index (χ1) is 10.0. The van der Waals surface area contributed by atoms with Gasteiger partial charge in [0.25, 0.3) is 0 Å². The number of carbonyl (C=O) groups is 2. The Morgan fingerprint density at radius 2 is 2.19 bits per heavy atom. The van der Waals surface area contributed by atoms with Crippen LogP contribution in [0.3, 0.4) is 0 Å². The molecule has 110 valence electrons. The molecule has 0 aliphatic carbocycles. The number of nitrogens with zero attached hydrogens (tertiary/aromatic N) is 2. The van der Waals surface area contributed by atoms with Crippen molar-refractivity contribution in [2.24, 2.45) is 5.73 Å². The molecule has 0 aliphatic heterocycles. The summed E-state index contributed by atoms with van der Waals surface area (Å²) < 4.78 is 0. The fraction of sp³-hybridized carbons (Fsp3) is 0.188. The summed E-state index contributed by atoms with van der Waals surface area (Å²) in [5.74, 6) is -0.213. The van der Waals surface area contributed by atoms with E-state index in [4.69, 9.17) is 5.73 Å². The van der Waals surface area contributed by atoms with Crippen LogP contribution in [0.1, 0.15) is 23.7 Å². The van der Waals surface area contributed by atoms with Crippen LogP contribution in [0.5, 0.6) is 0 Å². The summed E-state index contributed by atoms with van der Waals surface area (Å²) in [6, 6.07) is 0.912. The van der Waals surface area contributed by atoms with Gasteiger partial charge in [-0.05, 0) is 31.1 Å². The summed E-state index contributed by atoms with van der Waals surface area (Å²) in [4.78, 5) is 28.8. The maximum Gasteiger partial charge on any atom is 0.319 e. The number of aromatic nitrogens is 1. The molecule has 0 atom stereocenters. The van der Waals surface area contributed by atoms with Crippen LogP contribution in [-0.2, 0) is 0 Å². The number of nitrogens with two attached hydrogens (primary N) is 1. The smallest absolute Gasteiger partial charge is 0.319 e. The molecule has 0 aromatic carbocycles. The lowest BCUT2D eigenvalue weighted by atomic mass is 10.0. The van der Waals surface area contributed by atoms with Crippen LogP contribution in [0.2, 0.25) is 0 Å². The zero-order valence-electron chi connectivity index (χ0n) is 12.2. The molecular formula is C16H19N3O2. The SMILES string of the molecule is C=CCC(=CC(=O)c1ccncc1N(C)C(N)=O)/C=C\C. The minimum absolute atomic E-state index is 0.213. The highest BCUT2D eigenvalue weighted by Gasteiger charge is 2.16. The van der Waals surface area contributed by atoms with Gasteiger partial charge in [0.1, 0.15) is 0 Å². The Morgan fingerprint density at radius 3 is 2.76 bits per heavy atom. The van der Waals surface area contributed by atoms with E-state index in [0.717, 1.165) is 5.57 Å². The van der Waals surface area contributed by atoms with Gasteiger partial charge in [-0.25, -0.2) is 4.79 Å². The van der Waals surface area contributed by atoms with Crippen molar-refractivity contribution in [3.8, 4) is 0 Å². The van der Waals surface area contributed by atoms with Crippen molar-refractivity contribution >= 4 is 17.5 Å². The van der Waals surface area contributed by atoms with Crippen LogP contribution in [0.4, 0.5) is 10.5 Å². The number of rotatable bonds is 6. The molecule has 5 heteroatoms. The van der Waals surface area contributed by atoms with Crippen LogP contribution >= 0.6 is 0 Å². The highest BCUT2D eigenvalue weighted by Crippen LogP contribution is 2.20. The van der Waals surface area contributed by atoms with E-state index in [2.05, 4.69) is 11.6 Å². The third-order valence-electron chi connectivity index (χ3n) is 2.83. The Kier molecular flexibility index (Phi) is 6.07. The van der Waals surface area contributed by atoms with E-state index < -0.39 is 6.03 Å². The maximum atomic E-state index is 12.4. The molecule has 1 heterocycles. The summed E-state index contributed by atoms with van der Waals surface area (Å²) in [5, 5.41) is 0. The van der Waals surface area contributed by atoms with Crippen molar-refractivity contribution in [3.63, 3.8) is 0 Å². The van der Waals surface area contributed by atoms with Gasteiger partial charge in [-0.3, -0.25) is 14.7 Å². The Morgan fingerprint density at radius 1 is 1.48 bits per heavy atom. The fourth-order valence-electron chi connectivity index (χ4n) is 1.78. The highest BCUT2D eigenvalue weighted by molar-refractivity contribution is 6.10. The summed E-state index contributed by atoms with van der Waals surface area (Å²) in [7, 11) is 1.50. The third kappa shape index (κ3) is 4.42. The lowest BCUT2D eigenvalue weighted by molar-refractivity contribution is 0.104. The maximum absolute atomic E-state index is 12.4. The van der Waals surface area contributed by atoms with Crippen molar-refractivity contribution in [2.75, 3.05) is 11.9 Å². The quantitative estimate of drug-likeness (QED) is 0.378. The van der Waals surface area contributed by atoms with E-state index in [-0.39, 0.29) is 5.78 Å². The van der Waals surface area contributed by atoms with Gasteiger partial charge < -0.3 is 5.73 Å². The average Bonchev–Trinajstić information content (AvgIpc) is 2.46. The number of pyridine rings is 1. The lowest BCUT2D eigenvalue weighted by Crippen LogP contribution is -2.33. The molecule has 0 radical (unpaired) electrons. The number of carbonyl (C=O) groups excluding carboxylic acids is 2. The normalized spacial score (nSPS) is 11.4. The van der Waals surface area contributed by atoms with E-state index >= 15 is 0 Å². The first kappa shape index (κ1) is 16.4. The predicted octanol–water partition coefficient (Wildman–Crippen LogP) is 2.86. The van der Waals surface area contributed by atoms with Gasteiger partial charge in [0.2, 0.25) is 0 Å². The number of amides is 2. The van der Waals surface area contributed by atoms with E-state index in [1.54, 1.807) is 12.1 Å². The molecule has 5 nitrogen and oxygen atoms in total.